The first-order valence-corrected chi connectivity index (χ1v) is 31.7. The molecule has 4 fully saturated rings. The number of aromatic nitrogens is 8. The summed E-state index contributed by atoms with van der Waals surface area (Å²) in [7, 11) is 0. The lowest BCUT2D eigenvalue weighted by atomic mass is 10.1. The Labute approximate surface area is 569 Å². The molecule has 4 unspecified atom stereocenters. The van der Waals surface area contributed by atoms with Crippen molar-refractivity contribution in [2.45, 2.75) is 144 Å². The van der Waals surface area contributed by atoms with Gasteiger partial charge >= 0.3 is 22.8 Å². The Bertz CT molecular complexity index is 4570. The summed E-state index contributed by atoms with van der Waals surface area (Å²) in [5.74, 6) is -0.788. The summed E-state index contributed by atoms with van der Waals surface area (Å²) in [6.07, 6.45) is -13.9. The zero-order valence-electron chi connectivity index (χ0n) is 53.6. The SMILES string of the molecule is O=c1ccn([C@@H]2O[C@H](CO)[C@H](O)C2O)c(=O)n1CCc1ccc(F)cc1.O=c1ccn([C@@H]2O[C@H](CO)[C@H](O)C2O)c(=O)n1CCc1cccc(F)c1.O=c1ccn([C@@H]2O[C@H](CO)[C@H](O)C2O)c(=O)n1CCc1ccccc1.O=c1ccn([C@@H]2O[C@H](CO)[C@H](O)C2O)c(=O)n1Cc1ccccc1. The second kappa shape index (κ2) is 34.5. The zero-order chi connectivity index (χ0) is 72.9. The number of aryl methyl sites for hydroxylation is 3. The molecule has 0 spiro atoms. The molecule has 4 aliphatic heterocycles. The van der Waals surface area contributed by atoms with Crippen LogP contribution in [0, 0.1) is 11.6 Å². The predicted octanol–water partition coefficient (Wildman–Crippen LogP) is -4.46. The number of ether oxygens (including phenoxy) is 4. The normalized spacial score (nSPS) is 25.9. The van der Waals surface area contributed by atoms with Crippen LogP contribution in [0.1, 0.15) is 47.2 Å². The third-order valence-corrected chi connectivity index (χ3v) is 17.2. The summed E-state index contributed by atoms with van der Waals surface area (Å²) in [5, 5.41) is 116. The Morgan fingerprint density at radius 2 is 0.594 bits per heavy atom. The van der Waals surface area contributed by atoms with Gasteiger partial charge in [-0.3, -0.25) is 55.7 Å². The largest absolute Gasteiger partial charge is 0.394 e. The Hall–Kier alpha value is -9.18. The maximum atomic E-state index is 13.2. The Morgan fingerprint density at radius 3 is 0.911 bits per heavy atom. The first kappa shape index (κ1) is 76.0. The molecule has 12 N–H and O–H groups in total. The first-order chi connectivity index (χ1) is 48.4. The summed E-state index contributed by atoms with van der Waals surface area (Å²) in [6, 6.07) is 34.7. The molecule has 32 nitrogen and oxygen atoms in total. The monoisotopic (exact) mass is 1410 g/mol. The lowest BCUT2D eigenvalue weighted by molar-refractivity contribution is -0.0556. The molecule has 4 aliphatic rings. The van der Waals surface area contributed by atoms with Gasteiger partial charge in [-0.25, -0.2) is 28.0 Å². The van der Waals surface area contributed by atoms with Crippen molar-refractivity contribution in [1.29, 1.82) is 0 Å². The molecular formula is C67H76F2N8O24. The molecule has 4 aromatic heterocycles. The van der Waals surface area contributed by atoms with Crippen molar-refractivity contribution in [3.8, 4) is 0 Å². The fourth-order valence-corrected chi connectivity index (χ4v) is 11.6. The minimum absolute atomic E-state index is 0.0107. The van der Waals surface area contributed by atoms with Gasteiger partial charge < -0.3 is 80.2 Å². The molecule has 34 heteroatoms. The highest BCUT2D eigenvalue weighted by Gasteiger charge is 2.47. The van der Waals surface area contributed by atoms with E-state index in [0.717, 1.165) is 65.4 Å². The van der Waals surface area contributed by atoms with Crippen LogP contribution >= 0.6 is 0 Å². The third-order valence-electron chi connectivity index (χ3n) is 17.2. The van der Waals surface area contributed by atoms with E-state index in [-0.39, 0.29) is 38.4 Å². The lowest BCUT2D eigenvalue weighted by Crippen LogP contribution is -2.43. The van der Waals surface area contributed by atoms with Crippen LogP contribution in [-0.2, 0) is 64.4 Å². The van der Waals surface area contributed by atoms with Crippen LogP contribution in [-0.4, -0.2) is 197 Å². The van der Waals surface area contributed by atoms with Crippen molar-refractivity contribution >= 4 is 0 Å². The van der Waals surface area contributed by atoms with Gasteiger partial charge in [0.1, 0.15) is 84.9 Å². The van der Waals surface area contributed by atoms with Crippen molar-refractivity contribution < 1.29 is 89.0 Å². The molecule has 0 amide bonds. The van der Waals surface area contributed by atoms with Gasteiger partial charge in [0, 0.05) is 68.7 Å². The quantitative estimate of drug-likeness (QED) is 0.0363. The van der Waals surface area contributed by atoms with E-state index in [0.29, 0.717) is 18.4 Å². The molecule has 542 valence electrons. The van der Waals surface area contributed by atoms with Gasteiger partial charge in [-0.05, 0) is 65.8 Å². The van der Waals surface area contributed by atoms with E-state index < -0.39 is 175 Å². The standard InChI is InChI=1S/2C17H19FN2O6.C17H20N2O6.C16H18N2O6/c18-11-3-1-10(2-4-11)5-7-19-13(22)6-8-20(17(19)25)16-15(24)14(23)12(9-21)26-16;18-11-3-1-2-10(8-11)4-6-19-13(22)5-7-20(17(19)25)16-15(24)14(23)12(9-21)26-16;20-10-12-14(22)15(23)16(25-12)19-9-7-13(21)18(17(19)24)8-6-11-4-2-1-3-5-11;19-9-11-13(21)14(22)15(24-11)17-7-6-12(20)18(16(17)23)8-10-4-2-1-3-5-10/h1-4,6,8,12,14-16,21,23-24H,5,7,9H2;1-3,5,7-8,12,14-16,21,23-24H,4,6,9H2;1-5,7,9,12,14-16,20,22-23H,6,8,10H2;1-7,11,13-15,19,21-22H,8-9H2/t3*12-,14+,15?,16-;11-,13+,14?,15-/m1111/s1. The van der Waals surface area contributed by atoms with E-state index in [1.165, 1.54) is 67.3 Å². The maximum Gasteiger partial charge on any atom is 0.333 e. The number of nitrogens with zero attached hydrogens (tertiary/aromatic N) is 8. The van der Waals surface area contributed by atoms with E-state index in [1.807, 2.05) is 36.4 Å². The molecule has 12 rings (SSSR count). The third kappa shape index (κ3) is 17.6. The van der Waals surface area contributed by atoms with E-state index in [9.17, 15) is 88.0 Å². The van der Waals surface area contributed by atoms with Crippen LogP contribution in [0.15, 0.2) is 197 Å². The molecule has 0 aliphatic carbocycles. The van der Waals surface area contributed by atoms with Crippen LogP contribution in [0.5, 0.6) is 0 Å². The predicted molar refractivity (Wildman–Crippen MR) is 348 cm³/mol. The molecule has 16 atom stereocenters. The molecular weight excluding hydrogens is 1340 g/mol. The van der Waals surface area contributed by atoms with Crippen molar-refractivity contribution in [3.05, 3.63) is 275 Å². The highest BCUT2D eigenvalue weighted by Crippen LogP contribution is 2.31. The second-order valence-electron chi connectivity index (χ2n) is 23.8. The molecule has 0 radical (unpaired) electrons. The highest BCUT2D eigenvalue weighted by atomic mass is 19.1. The fourth-order valence-electron chi connectivity index (χ4n) is 11.6. The number of benzene rings is 4. The van der Waals surface area contributed by atoms with Gasteiger partial charge in [-0.2, -0.15) is 0 Å². The first-order valence-electron chi connectivity index (χ1n) is 31.7. The summed E-state index contributed by atoms with van der Waals surface area (Å²) in [4.78, 5) is 98.7. The van der Waals surface area contributed by atoms with Crippen LogP contribution in [0.4, 0.5) is 8.78 Å². The van der Waals surface area contributed by atoms with Crippen LogP contribution in [0.3, 0.4) is 0 Å². The Morgan fingerprint density at radius 1 is 0.307 bits per heavy atom. The van der Waals surface area contributed by atoms with E-state index >= 15 is 0 Å². The maximum absolute atomic E-state index is 13.2. The van der Waals surface area contributed by atoms with Gasteiger partial charge in [0.15, 0.2) is 24.9 Å². The van der Waals surface area contributed by atoms with Gasteiger partial charge in [0.05, 0.1) is 33.0 Å². The highest BCUT2D eigenvalue weighted by molar-refractivity contribution is 5.19. The molecule has 8 aromatic rings. The van der Waals surface area contributed by atoms with Crippen molar-refractivity contribution in [2.75, 3.05) is 26.4 Å². The smallest absolute Gasteiger partial charge is 0.333 e. The number of aliphatic hydroxyl groups is 12. The van der Waals surface area contributed by atoms with E-state index in [4.69, 9.17) is 39.4 Å². The molecule has 0 saturated carbocycles. The Kier molecular flexibility index (Phi) is 25.9. The number of hydrogen-bond acceptors (Lipinski definition) is 24. The summed E-state index contributed by atoms with van der Waals surface area (Å²) in [5.41, 5.74) is -1.63. The van der Waals surface area contributed by atoms with Gasteiger partial charge in [0.25, 0.3) is 22.2 Å². The van der Waals surface area contributed by atoms with Gasteiger partial charge in [-0.15, -0.1) is 0 Å². The van der Waals surface area contributed by atoms with Gasteiger partial charge in [0.2, 0.25) is 0 Å². The lowest BCUT2D eigenvalue weighted by Gasteiger charge is -2.18. The molecule has 8 heterocycles. The average Bonchev–Trinajstić information content (AvgIpc) is 1.72. The molecule has 101 heavy (non-hydrogen) atoms. The minimum Gasteiger partial charge on any atom is -0.394 e. The summed E-state index contributed by atoms with van der Waals surface area (Å²) < 4.78 is 55.7. The topological polar surface area (TPSA) is 456 Å². The van der Waals surface area contributed by atoms with Crippen LogP contribution < -0.4 is 45.0 Å². The van der Waals surface area contributed by atoms with Crippen molar-refractivity contribution in [1.82, 2.24) is 36.5 Å². The fraction of sp³-hybridized carbons (Fsp3) is 0.403. The van der Waals surface area contributed by atoms with Crippen LogP contribution in [0.25, 0.3) is 0 Å². The zero-order valence-corrected chi connectivity index (χ0v) is 53.6. The van der Waals surface area contributed by atoms with Gasteiger partial charge in [-0.1, -0.05) is 84.9 Å². The summed E-state index contributed by atoms with van der Waals surface area (Å²) in [6.45, 7) is -1.71. The number of aliphatic hydroxyl groups excluding tert-OH is 12. The van der Waals surface area contributed by atoms with Crippen LogP contribution in [0.2, 0.25) is 0 Å². The summed E-state index contributed by atoms with van der Waals surface area (Å²) >= 11 is 0. The number of hydrogen-bond donors (Lipinski definition) is 12. The Balaban J connectivity index is 0.000000157. The molecule has 4 saturated heterocycles. The minimum atomic E-state index is -1.43. The average molecular weight is 1420 g/mol. The second-order valence-corrected chi connectivity index (χ2v) is 23.8. The van der Waals surface area contributed by atoms with Crippen molar-refractivity contribution in [2.24, 2.45) is 0 Å². The van der Waals surface area contributed by atoms with E-state index in [1.54, 1.807) is 42.5 Å². The van der Waals surface area contributed by atoms with Crippen molar-refractivity contribution in [3.63, 3.8) is 0 Å². The molecule has 4 aromatic carbocycles. The van der Waals surface area contributed by atoms with E-state index in [2.05, 4.69) is 0 Å². The number of halogens is 2. The molecule has 0 bridgehead atoms. The number of rotatable bonds is 19.